The Morgan fingerprint density at radius 2 is 1.87 bits per heavy atom. The molecule has 1 aliphatic rings. The maximum Gasteiger partial charge on any atom is 0.279 e. The van der Waals surface area contributed by atoms with Gasteiger partial charge in [0.15, 0.2) is 11.5 Å². The molecule has 2 amide bonds. The van der Waals surface area contributed by atoms with Crippen molar-refractivity contribution in [3.8, 4) is 0 Å². The number of nitrogens with zero attached hydrogens (tertiary/aromatic N) is 2. The summed E-state index contributed by atoms with van der Waals surface area (Å²) in [6.07, 6.45) is 2.92. The molecule has 0 aliphatic carbocycles. The number of pyridine rings is 1. The normalized spacial score (nSPS) is 14.0. The highest BCUT2D eigenvalue weighted by atomic mass is 19.1. The van der Waals surface area contributed by atoms with Crippen LogP contribution in [0.15, 0.2) is 60.8 Å². The number of fused-ring (bicyclic) bond motifs is 1. The van der Waals surface area contributed by atoms with Gasteiger partial charge in [-0.05, 0) is 73.4 Å². The third-order valence-electron chi connectivity index (χ3n) is 5.38. The molecule has 1 aromatic heterocycles. The van der Waals surface area contributed by atoms with Gasteiger partial charge in [-0.2, -0.15) is 0 Å². The van der Waals surface area contributed by atoms with E-state index in [2.05, 4.69) is 10.3 Å². The Hall–Kier alpha value is -3.61. The quantitative estimate of drug-likeness (QED) is 0.677. The van der Waals surface area contributed by atoms with Crippen LogP contribution >= 0.6 is 0 Å². The van der Waals surface area contributed by atoms with E-state index in [-0.39, 0.29) is 17.6 Å². The molecule has 3 aromatic rings. The molecule has 1 aliphatic heterocycles. The van der Waals surface area contributed by atoms with Crippen molar-refractivity contribution in [2.75, 3.05) is 11.4 Å². The smallest absolute Gasteiger partial charge is 0.279 e. The summed E-state index contributed by atoms with van der Waals surface area (Å²) in [5.41, 5.74) is 2.74. The molecule has 7 heteroatoms. The van der Waals surface area contributed by atoms with Crippen molar-refractivity contribution in [1.82, 2.24) is 10.3 Å². The van der Waals surface area contributed by atoms with Crippen molar-refractivity contribution in [2.24, 2.45) is 0 Å². The summed E-state index contributed by atoms with van der Waals surface area (Å²) in [4.78, 5) is 30.8. The fourth-order valence-electron chi connectivity index (χ4n) is 3.73. The van der Waals surface area contributed by atoms with Gasteiger partial charge in [0.1, 0.15) is 5.82 Å². The SMILES string of the molecule is CC(NC(=O)c1ccc(F)cc1)c1ccc2c(c1)CCCN2C(=O)c1ncccc1F. The largest absolute Gasteiger partial charge is 0.346 e. The van der Waals surface area contributed by atoms with Crippen LogP contribution in [-0.2, 0) is 6.42 Å². The molecule has 5 nitrogen and oxygen atoms in total. The van der Waals surface area contributed by atoms with Gasteiger partial charge in [-0.15, -0.1) is 0 Å². The highest BCUT2D eigenvalue weighted by Crippen LogP contribution is 2.31. The van der Waals surface area contributed by atoms with Gasteiger partial charge in [0.25, 0.3) is 11.8 Å². The maximum absolute atomic E-state index is 14.1. The van der Waals surface area contributed by atoms with Gasteiger partial charge in [-0.3, -0.25) is 9.59 Å². The second kappa shape index (κ2) is 8.63. The van der Waals surface area contributed by atoms with Crippen LogP contribution in [0.25, 0.3) is 0 Å². The van der Waals surface area contributed by atoms with E-state index in [1.807, 2.05) is 25.1 Å². The number of aryl methyl sites for hydroxylation is 1. The van der Waals surface area contributed by atoms with Crippen molar-refractivity contribution >= 4 is 17.5 Å². The number of carbonyl (C=O) groups is 2. The zero-order valence-corrected chi connectivity index (χ0v) is 16.9. The highest BCUT2D eigenvalue weighted by molar-refractivity contribution is 6.05. The van der Waals surface area contributed by atoms with E-state index in [1.165, 1.54) is 42.6 Å². The zero-order chi connectivity index (χ0) is 22.0. The van der Waals surface area contributed by atoms with Gasteiger partial charge in [0, 0.05) is 24.0 Å². The standard InChI is InChI=1S/C24H21F2N3O2/c1-15(28-23(30)16-6-9-19(25)10-7-16)17-8-11-21-18(14-17)4-3-13-29(21)24(31)22-20(26)5-2-12-27-22/h2,5-12,14-15H,3-4,13H2,1H3,(H,28,30). The molecule has 0 saturated carbocycles. The second-order valence-electron chi connectivity index (χ2n) is 7.48. The van der Waals surface area contributed by atoms with Gasteiger partial charge in [0.05, 0.1) is 6.04 Å². The number of halogens is 2. The van der Waals surface area contributed by atoms with E-state index < -0.39 is 17.5 Å². The van der Waals surface area contributed by atoms with E-state index in [1.54, 1.807) is 4.90 Å². The summed E-state index contributed by atoms with van der Waals surface area (Å²) in [7, 11) is 0. The summed E-state index contributed by atoms with van der Waals surface area (Å²) >= 11 is 0. The first kappa shape index (κ1) is 20.7. The summed E-state index contributed by atoms with van der Waals surface area (Å²) < 4.78 is 27.1. The third-order valence-corrected chi connectivity index (χ3v) is 5.38. The molecule has 2 heterocycles. The van der Waals surface area contributed by atoms with Gasteiger partial charge in [-0.1, -0.05) is 12.1 Å². The van der Waals surface area contributed by atoms with E-state index in [9.17, 15) is 18.4 Å². The van der Waals surface area contributed by atoms with Gasteiger partial charge < -0.3 is 10.2 Å². The van der Waals surface area contributed by atoms with Crippen LogP contribution in [0.3, 0.4) is 0 Å². The van der Waals surface area contributed by atoms with Crippen molar-refractivity contribution < 1.29 is 18.4 Å². The number of nitrogens with one attached hydrogen (secondary N) is 1. The van der Waals surface area contributed by atoms with E-state index in [0.717, 1.165) is 29.7 Å². The molecule has 0 spiro atoms. The van der Waals surface area contributed by atoms with Crippen molar-refractivity contribution in [3.05, 3.63) is 94.8 Å². The number of rotatable bonds is 4. The predicted molar refractivity (Wildman–Crippen MR) is 113 cm³/mol. The Labute approximate surface area is 178 Å². The molecule has 1 N–H and O–H groups in total. The molecule has 4 rings (SSSR count). The molecule has 2 aromatic carbocycles. The molecule has 31 heavy (non-hydrogen) atoms. The summed E-state index contributed by atoms with van der Waals surface area (Å²) in [5.74, 6) is -1.81. The predicted octanol–water partition coefficient (Wildman–Crippen LogP) is 4.44. The molecular formula is C24H21F2N3O2. The van der Waals surface area contributed by atoms with Crippen LogP contribution in [0, 0.1) is 11.6 Å². The first-order valence-corrected chi connectivity index (χ1v) is 10.1. The summed E-state index contributed by atoms with van der Waals surface area (Å²) in [6.45, 7) is 2.34. The van der Waals surface area contributed by atoms with Crippen LogP contribution < -0.4 is 10.2 Å². The van der Waals surface area contributed by atoms with Gasteiger partial charge in [-0.25, -0.2) is 13.8 Å². The molecule has 1 unspecified atom stereocenters. The van der Waals surface area contributed by atoms with Crippen molar-refractivity contribution in [1.29, 1.82) is 0 Å². The minimum Gasteiger partial charge on any atom is -0.346 e. The number of benzene rings is 2. The summed E-state index contributed by atoms with van der Waals surface area (Å²) in [5, 5.41) is 2.90. The maximum atomic E-state index is 14.1. The lowest BCUT2D eigenvalue weighted by Crippen LogP contribution is -2.36. The molecule has 0 fully saturated rings. The Morgan fingerprint density at radius 3 is 2.61 bits per heavy atom. The van der Waals surface area contributed by atoms with Crippen LogP contribution in [0.4, 0.5) is 14.5 Å². The highest BCUT2D eigenvalue weighted by Gasteiger charge is 2.27. The molecule has 158 valence electrons. The van der Waals surface area contributed by atoms with Crippen molar-refractivity contribution in [3.63, 3.8) is 0 Å². The Balaban J connectivity index is 1.54. The first-order valence-electron chi connectivity index (χ1n) is 10.1. The molecular weight excluding hydrogens is 400 g/mol. The lowest BCUT2D eigenvalue weighted by molar-refractivity contribution is 0.0938. The fraction of sp³-hybridized carbons (Fsp3) is 0.208. The zero-order valence-electron chi connectivity index (χ0n) is 16.9. The van der Waals surface area contributed by atoms with Crippen LogP contribution in [0.5, 0.6) is 0 Å². The number of aromatic nitrogens is 1. The van der Waals surface area contributed by atoms with E-state index in [4.69, 9.17) is 0 Å². The van der Waals surface area contributed by atoms with Crippen LogP contribution in [0.1, 0.15) is 51.4 Å². The van der Waals surface area contributed by atoms with Crippen molar-refractivity contribution in [2.45, 2.75) is 25.8 Å². The van der Waals surface area contributed by atoms with Crippen LogP contribution in [0.2, 0.25) is 0 Å². The van der Waals surface area contributed by atoms with E-state index >= 15 is 0 Å². The average molecular weight is 421 g/mol. The number of hydrogen-bond donors (Lipinski definition) is 1. The minimum atomic E-state index is -0.645. The Kier molecular flexibility index (Phi) is 5.75. The second-order valence-corrected chi connectivity index (χ2v) is 7.48. The topological polar surface area (TPSA) is 62.3 Å². The Bertz CT molecular complexity index is 1130. The minimum absolute atomic E-state index is 0.195. The van der Waals surface area contributed by atoms with Crippen LogP contribution in [-0.4, -0.2) is 23.3 Å². The number of hydrogen-bond acceptors (Lipinski definition) is 3. The average Bonchev–Trinajstić information content (AvgIpc) is 2.78. The van der Waals surface area contributed by atoms with E-state index in [0.29, 0.717) is 12.1 Å². The first-order chi connectivity index (χ1) is 14.9. The number of anilines is 1. The molecule has 0 saturated heterocycles. The molecule has 0 bridgehead atoms. The molecule has 0 radical (unpaired) electrons. The monoisotopic (exact) mass is 421 g/mol. The lowest BCUT2D eigenvalue weighted by atomic mass is 9.96. The third kappa shape index (κ3) is 4.30. The Morgan fingerprint density at radius 1 is 1.10 bits per heavy atom. The lowest BCUT2D eigenvalue weighted by Gasteiger charge is -2.30. The fourth-order valence-corrected chi connectivity index (χ4v) is 3.73. The number of carbonyl (C=O) groups excluding carboxylic acids is 2. The molecule has 1 atom stereocenters. The van der Waals surface area contributed by atoms with Gasteiger partial charge >= 0.3 is 0 Å². The van der Waals surface area contributed by atoms with Gasteiger partial charge in [0.2, 0.25) is 0 Å². The summed E-state index contributed by atoms with van der Waals surface area (Å²) in [6, 6.07) is 13.4. The number of amides is 2.